The van der Waals surface area contributed by atoms with Gasteiger partial charge in [-0.2, -0.15) is 5.26 Å². The summed E-state index contributed by atoms with van der Waals surface area (Å²) in [7, 11) is 0. The molecular formula is C19H16ClFN4O3. The summed E-state index contributed by atoms with van der Waals surface area (Å²) in [6, 6.07) is 8.15. The number of halogens is 2. The maximum atomic E-state index is 13.6. The lowest BCUT2D eigenvalue weighted by Gasteiger charge is -2.21. The number of hydrogen-bond acceptors (Lipinski definition) is 7. The third kappa shape index (κ3) is 3.76. The molecule has 0 aliphatic carbocycles. The van der Waals surface area contributed by atoms with Gasteiger partial charge in [0.25, 0.3) is 0 Å². The molecule has 144 valence electrons. The van der Waals surface area contributed by atoms with Crippen molar-refractivity contribution in [2.75, 3.05) is 5.32 Å². The smallest absolute Gasteiger partial charge is 0.247 e. The van der Waals surface area contributed by atoms with Gasteiger partial charge in [-0.25, -0.2) is 4.39 Å². The highest BCUT2D eigenvalue weighted by Crippen LogP contribution is 2.32. The fraction of sp³-hybridized carbons (Fsp3) is 0.211. The van der Waals surface area contributed by atoms with E-state index in [0.29, 0.717) is 21.8 Å². The topological polar surface area (TPSA) is 115 Å². The predicted molar refractivity (Wildman–Crippen MR) is 100 cm³/mol. The molecule has 0 saturated heterocycles. The molecule has 2 atom stereocenters. The van der Waals surface area contributed by atoms with Crippen molar-refractivity contribution >= 4 is 17.3 Å². The highest BCUT2D eigenvalue weighted by atomic mass is 35.5. The molecule has 0 saturated carbocycles. The van der Waals surface area contributed by atoms with E-state index in [0.717, 1.165) is 6.07 Å². The van der Waals surface area contributed by atoms with Crippen LogP contribution in [0.4, 0.5) is 10.1 Å². The van der Waals surface area contributed by atoms with Crippen LogP contribution in [0.1, 0.15) is 30.0 Å². The maximum absolute atomic E-state index is 13.6. The van der Waals surface area contributed by atoms with E-state index in [-0.39, 0.29) is 17.3 Å². The van der Waals surface area contributed by atoms with E-state index in [2.05, 4.69) is 15.5 Å². The normalized spacial score (nSPS) is 13.0. The van der Waals surface area contributed by atoms with Crippen LogP contribution in [-0.4, -0.2) is 26.5 Å². The number of benzene rings is 2. The van der Waals surface area contributed by atoms with E-state index in [1.165, 1.54) is 12.1 Å². The highest BCUT2D eigenvalue weighted by molar-refractivity contribution is 6.32. The summed E-state index contributed by atoms with van der Waals surface area (Å²) in [6.07, 6.45) is -0.918. The lowest BCUT2D eigenvalue weighted by Crippen LogP contribution is -2.23. The molecule has 2 aromatic carbocycles. The number of phenolic OH excluding ortho intramolecular Hbond substituents is 1. The van der Waals surface area contributed by atoms with Gasteiger partial charge in [-0.1, -0.05) is 11.6 Å². The number of rotatable bonds is 5. The lowest BCUT2D eigenvalue weighted by atomic mass is 10.1. The van der Waals surface area contributed by atoms with Crippen molar-refractivity contribution in [1.29, 1.82) is 5.26 Å². The predicted octanol–water partition coefficient (Wildman–Crippen LogP) is 3.95. The largest absolute Gasteiger partial charge is 0.505 e. The fourth-order valence-corrected chi connectivity index (χ4v) is 2.81. The van der Waals surface area contributed by atoms with Gasteiger partial charge in [-0.15, -0.1) is 10.2 Å². The Bertz CT molecular complexity index is 1060. The second-order valence-electron chi connectivity index (χ2n) is 6.19. The van der Waals surface area contributed by atoms with Crippen LogP contribution >= 0.6 is 11.6 Å². The Morgan fingerprint density at radius 1 is 1.29 bits per heavy atom. The molecule has 0 fully saturated rings. The minimum atomic E-state index is -0.918. The van der Waals surface area contributed by atoms with Crippen LogP contribution in [0.2, 0.25) is 5.02 Å². The zero-order valence-electron chi connectivity index (χ0n) is 14.9. The molecule has 3 aromatic rings. The molecule has 7 nitrogen and oxygen atoms in total. The van der Waals surface area contributed by atoms with Crippen molar-refractivity contribution in [3.05, 3.63) is 58.2 Å². The summed E-state index contributed by atoms with van der Waals surface area (Å²) in [4.78, 5) is 0. The van der Waals surface area contributed by atoms with Crippen LogP contribution in [0.5, 0.6) is 5.75 Å². The minimum Gasteiger partial charge on any atom is -0.505 e. The van der Waals surface area contributed by atoms with Crippen LogP contribution in [0.15, 0.2) is 34.7 Å². The summed E-state index contributed by atoms with van der Waals surface area (Å²) in [5, 5.41) is 39.7. The Morgan fingerprint density at radius 2 is 2.04 bits per heavy atom. The van der Waals surface area contributed by atoms with Gasteiger partial charge < -0.3 is 19.9 Å². The standard InChI is InChI=1S/C19H16ClFN4O3/c1-9-14(5-3-12(8-22)16(9)20)23-17(10(2)26)19-25-24-18(28-19)11-4-6-15(27)13(21)7-11/h3-7,10,17,23,26-27H,1-2H3/t10-,17+/m0/s1. The summed E-state index contributed by atoms with van der Waals surface area (Å²) < 4.78 is 19.2. The molecule has 1 aromatic heterocycles. The van der Waals surface area contributed by atoms with E-state index in [4.69, 9.17) is 21.3 Å². The van der Waals surface area contributed by atoms with Crippen molar-refractivity contribution in [2.24, 2.45) is 0 Å². The van der Waals surface area contributed by atoms with Gasteiger partial charge in [0.05, 0.1) is 16.7 Å². The van der Waals surface area contributed by atoms with Crippen LogP contribution in [-0.2, 0) is 0 Å². The lowest BCUT2D eigenvalue weighted by molar-refractivity contribution is 0.159. The molecule has 3 N–H and O–H groups in total. The first-order valence-electron chi connectivity index (χ1n) is 8.28. The van der Waals surface area contributed by atoms with E-state index in [1.54, 1.807) is 26.0 Å². The number of hydrogen-bond donors (Lipinski definition) is 3. The fourth-order valence-electron chi connectivity index (χ4n) is 2.60. The van der Waals surface area contributed by atoms with Crippen molar-refractivity contribution in [3.8, 4) is 23.3 Å². The van der Waals surface area contributed by atoms with Gasteiger partial charge >= 0.3 is 0 Å². The Morgan fingerprint density at radius 3 is 2.68 bits per heavy atom. The molecule has 1 heterocycles. The molecule has 9 heteroatoms. The third-order valence-electron chi connectivity index (χ3n) is 4.20. The number of nitrogens with zero attached hydrogens (tertiary/aromatic N) is 3. The Labute approximate surface area is 165 Å². The zero-order valence-corrected chi connectivity index (χ0v) is 15.7. The number of aliphatic hydroxyl groups is 1. The van der Waals surface area contributed by atoms with E-state index < -0.39 is 23.7 Å². The van der Waals surface area contributed by atoms with E-state index >= 15 is 0 Å². The van der Waals surface area contributed by atoms with E-state index in [1.807, 2.05) is 6.07 Å². The van der Waals surface area contributed by atoms with Crippen LogP contribution in [0.25, 0.3) is 11.5 Å². The second kappa shape index (κ2) is 7.84. The monoisotopic (exact) mass is 402 g/mol. The SMILES string of the molecule is Cc1c(N[C@@H](c2nnc(-c3ccc(O)c(F)c3)o2)[C@H](C)O)ccc(C#N)c1Cl. The second-order valence-corrected chi connectivity index (χ2v) is 6.56. The molecule has 0 amide bonds. The Balaban J connectivity index is 1.92. The van der Waals surface area contributed by atoms with Crippen LogP contribution < -0.4 is 5.32 Å². The number of nitriles is 1. The molecule has 28 heavy (non-hydrogen) atoms. The van der Waals surface area contributed by atoms with Crippen LogP contribution in [0, 0.1) is 24.1 Å². The average Bonchev–Trinajstić information content (AvgIpc) is 3.14. The number of anilines is 1. The van der Waals surface area contributed by atoms with E-state index in [9.17, 15) is 14.6 Å². The number of aromatic nitrogens is 2. The summed E-state index contributed by atoms with van der Waals surface area (Å²) >= 11 is 6.19. The summed E-state index contributed by atoms with van der Waals surface area (Å²) in [6.45, 7) is 3.28. The van der Waals surface area contributed by atoms with Gasteiger partial charge in [-0.05, 0) is 49.7 Å². The quantitative estimate of drug-likeness (QED) is 0.591. The zero-order chi connectivity index (χ0) is 20.4. The molecule has 0 aliphatic rings. The number of nitrogens with one attached hydrogen (secondary N) is 1. The Kier molecular flexibility index (Phi) is 5.49. The van der Waals surface area contributed by atoms with Gasteiger partial charge in [0.15, 0.2) is 11.6 Å². The number of phenols is 1. The van der Waals surface area contributed by atoms with Gasteiger partial charge in [0.2, 0.25) is 11.8 Å². The van der Waals surface area contributed by atoms with Crippen molar-refractivity contribution in [1.82, 2.24) is 10.2 Å². The van der Waals surface area contributed by atoms with Crippen molar-refractivity contribution in [3.63, 3.8) is 0 Å². The molecule has 0 spiro atoms. The third-order valence-corrected chi connectivity index (χ3v) is 4.69. The molecule has 3 rings (SSSR count). The van der Waals surface area contributed by atoms with Gasteiger partial charge in [0, 0.05) is 11.3 Å². The maximum Gasteiger partial charge on any atom is 0.247 e. The average molecular weight is 403 g/mol. The Hall–Kier alpha value is -3.15. The van der Waals surface area contributed by atoms with Crippen LogP contribution in [0.3, 0.4) is 0 Å². The first-order chi connectivity index (χ1) is 13.3. The molecule has 0 unspecified atom stereocenters. The molecule has 0 radical (unpaired) electrons. The van der Waals surface area contributed by atoms with Crippen molar-refractivity contribution in [2.45, 2.75) is 26.0 Å². The van der Waals surface area contributed by atoms with Crippen molar-refractivity contribution < 1.29 is 19.0 Å². The first-order valence-corrected chi connectivity index (χ1v) is 8.65. The summed E-state index contributed by atoms with van der Waals surface area (Å²) in [5.41, 5.74) is 1.85. The molecule has 0 aliphatic heterocycles. The van der Waals surface area contributed by atoms with Gasteiger partial charge in [-0.3, -0.25) is 0 Å². The number of aromatic hydroxyl groups is 1. The molecule has 0 bridgehead atoms. The minimum absolute atomic E-state index is 0.0379. The number of aliphatic hydroxyl groups excluding tert-OH is 1. The summed E-state index contributed by atoms with van der Waals surface area (Å²) in [5.74, 6) is -1.18. The first kappa shape index (κ1) is 19.6. The highest BCUT2D eigenvalue weighted by Gasteiger charge is 2.25. The van der Waals surface area contributed by atoms with Gasteiger partial charge in [0.1, 0.15) is 12.1 Å². The molecular weight excluding hydrogens is 387 g/mol.